The Morgan fingerprint density at radius 3 is 2.15 bits per heavy atom. The SMILES string of the molecule is CCCCCC[C@@](C)(N)C=O.CN. The lowest BCUT2D eigenvalue weighted by Gasteiger charge is -2.15. The number of hydrogen-bond acceptors (Lipinski definition) is 3. The van der Waals surface area contributed by atoms with Gasteiger partial charge < -0.3 is 16.3 Å². The van der Waals surface area contributed by atoms with Crippen molar-refractivity contribution in [3.63, 3.8) is 0 Å². The van der Waals surface area contributed by atoms with Gasteiger partial charge in [-0.15, -0.1) is 0 Å². The number of unbranched alkanes of at least 4 members (excludes halogenated alkanes) is 3. The van der Waals surface area contributed by atoms with Crippen molar-refractivity contribution in [2.45, 2.75) is 51.5 Å². The zero-order valence-electron chi connectivity index (χ0n) is 9.18. The van der Waals surface area contributed by atoms with Gasteiger partial charge in [0.15, 0.2) is 0 Å². The summed E-state index contributed by atoms with van der Waals surface area (Å²) in [6.45, 7) is 3.95. The van der Waals surface area contributed by atoms with Crippen LogP contribution in [-0.2, 0) is 4.79 Å². The highest BCUT2D eigenvalue weighted by atomic mass is 16.1. The largest absolute Gasteiger partial charge is 0.333 e. The summed E-state index contributed by atoms with van der Waals surface area (Å²) in [6, 6.07) is 0. The molecule has 0 aliphatic rings. The van der Waals surface area contributed by atoms with E-state index in [2.05, 4.69) is 12.7 Å². The van der Waals surface area contributed by atoms with Crippen LogP contribution in [0.5, 0.6) is 0 Å². The zero-order chi connectivity index (χ0) is 10.7. The lowest BCUT2D eigenvalue weighted by Crippen LogP contribution is -2.37. The molecule has 0 amide bonds. The van der Waals surface area contributed by atoms with E-state index < -0.39 is 5.54 Å². The van der Waals surface area contributed by atoms with Crippen molar-refractivity contribution < 1.29 is 4.79 Å². The third-order valence-corrected chi connectivity index (χ3v) is 1.84. The van der Waals surface area contributed by atoms with Crippen LogP contribution in [0.1, 0.15) is 46.0 Å². The molecule has 0 saturated heterocycles. The highest BCUT2D eigenvalue weighted by molar-refractivity contribution is 5.62. The highest BCUT2D eigenvalue weighted by Gasteiger charge is 2.15. The standard InChI is InChI=1S/C9H19NO.CH5N/c1-3-4-5-6-7-9(2,10)8-11;1-2/h8H,3-7,10H2,1-2H3;2H2,1H3/t9-;/m1./s1. The van der Waals surface area contributed by atoms with Gasteiger partial charge in [-0.25, -0.2) is 0 Å². The number of carbonyl (C=O) groups excluding carboxylic acids is 1. The van der Waals surface area contributed by atoms with Crippen LogP contribution in [0, 0.1) is 0 Å². The summed E-state index contributed by atoms with van der Waals surface area (Å²) in [6.07, 6.45) is 6.39. The van der Waals surface area contributed by atoms with E-state index in [1.807, 2.05) is 0 Å². The molecule has 0 radical (unpaired) electrons. The second-order valence-corrected chi connectivity index (χ2v) is 3.43. The number of aldehydes is 1. The third kappa shape index (κ3) is 11.6. The van der Waals surface area contributed by atoms with Crippen LogP contribution in [-0.4, -0.2) is 18.9 Å². The van der Waals surface area contributed by atoms with Crippen molar-refractivity contribution in [1.82, 2.24) is 0 Å². The van der Waals surface area contributed by atoms with Crippen LogP contribution >= 0.6 is 0 Å². The molecule has 80 valence electrons. The van der Waals surface area contributed by atoms with Crippen LogP contribution in [0.2, 0.25) is 0 Å². The molecule has 4 N–H and O–H groups in total. The van der Waals surface area contributed by atoms with Gasteiger partial charge in [-0.3, -0.25) is 0 Å². The fourth-order valence-corrected chi connectivity index (χ4v) is 0.992. The van der Waals surface area contributed by atoms with Crippen molar-refractivity contribution in [3.8, 4) is 0 Å². The first kappa shape index (κ1) is 15.1. The molecule has 0 unspecified atom stereocenters. The van der Waals surface area contributed by atoms with Crippen molar-refractivity contribution in [2.24, 2.45) is 11.5 Å². The molecule has 0 saturated carbocycles. The van der Waals surface area contributed by atoms with Gasteiger partial charge >= 0.3 is 0 Å². The van der Waals surface area contributed by atoms with Crippen molar-refractivity contribution in [2.75, 3.05) is 7.05 Å². The van der Waals surface area contributed by atoms with Crippen LogP contribution in [0.25, 0.3) is 0 Å². The molecule has 0 aliphatic carbocycles. The van der Waals surface area contributed by atoms with Gasteiger partial charge in [-0.1, -0.05) is 32.6 Å². The van der Waals surface area contributed by atoms with Crippen molar-refractivity contribution in [3.05, 3.63) is 0 Å². The van der Waals surface area contributed by atoms with Crippen molar-refractivity contribution >= 4 is 6.29 Å². The summed E-state index contributed by atoms with van der Waals surface area (Å²) in [7, 11) is 1.50. The number of nitrogens with two attached hydrogens (primary N) is 2. The Bertz CT molecular complexity index is 113. The Morgan fingerprint density at radius 2 is 1.77 bits per heavy atom. The Balaban J connectivity index is 0. The average molecular weight is 188 g/mol. The Hall–Kier alpha value is -0.410. The molecular weight excluding hydrogens is 164 g/mol. The Morgan fingerprint density at radius 1 is 1.23 bits per heavy atom. The second-order valence-electron chi connectivity index (χ2n) is 3.43. The molecule has 0 spiro atoms. The molecule has 0 aromatic carbocycles. The van der Waals surface area contributed by atoms with E-state index in [1.54, 1.807) is 6.92 Å². The quantitative estimate of drug-likeness (QED) is 0.489. The topological polar surface area (TPSA) is 69.1 Å². The molecule has 0 bridgehead atoms. The van der Waals surface area contributed by atoms with Crippen LogP contribution in [0.3, 0.4) is 0 Å². The molecule has 13 heavy (non-hydrogen) atoms. The molecule has 1 atom stereocenters. The number of rotatable bonds is 6. The first-order valence-electron chi connectivity index (χ1n) is 4.95. The number of carbonyl (C=O) groups is 1. The smallest absolute Gasteiger partial charge is 0.139 e. The molecule has 0 aromatic heterocycles. The Labute approximate surface area is 81.9 Å². The summed E-state index contributed by atoms with van der Waals surface area (Å²) in [4.78, 5) is 10.4. The lowest BCUT2D eigenvalue weighted by atomic mass is 9.97. The third-order valence-electron chi connectivity index (χ3n) is 1.84. The minimum atomic E-state index is -0.590. The predicted octanol–water partition coefficient (Wildman–Crippen LogP) is 1.45. The minimum Gasteiger partial charge on any atom is -0.333 e. The van der Waals surface area contributed by atoms with Crippen LogP contribution in [0.15, 0.2) is 0 Å². The van der Waals surface area contributed by atoms with Crippen molar-refractivity contribution in [1.29, 1.82) is 0 Å². The molecular formula is C10H24N2O. The van der Waals surface area contributed by atoms with Gasteiger partial charge in [-0.05, 0) is 20.4 Å². The summed E-state index contributed by atoms with van der Waals surface area (Å²) >= 11 is 0. The first-order valence-corrected chi connectivity index (χ1v) is 4.95. The zero-order valence-corrected chi connectivity index (χ0v) is 9.18. The van der Waals surface area contributed by atoms with E-state index >= 15 is 0 Å². The fraction of sp³-hybridized carbons (Fsp3) is 0.900. The molecule has 0 fully saturated rings. The summed E-state index contributed by atoms with van der Waals surface area (Å²) in [5, 5.41) is 0. The van der Waals surface area contributed by atoms with E-state index in [4.69, 9.17) is 5.73 Å². The molecule has 0 rings (SSSR count). The second kappa shape index (κ2) is 9.68. The fourth-order valence-electron chi connectivity index (χ4n) is 0.992. The molecule has 0 heterocycles. The van der Waals surface area contributed by atoms with E-state index in [0.29, 0.717) is 0 Å². The van der Waals surface area contributed by atoms with E-state index in [-0.39, 0.29) is 0 Å². The first-order chi connectivity index (χ1) is 6.12. The lowest BCUT2D eigenvalue weighted by molar-refractivity contribution is -0.112. The van der Waals surface area contributed by atoms with E-state index in [1.165, 1.54) is 26.3 Å². The van der Waals surface area contributed by atoms with Gasteiger partial charge in [0.05, 0.1) is 5.54 Å². The van der Waals surface area contributed by atoms with Crippen LogP contribution < -0.4 is 11.5 Å². The summed E-state index contributed by atoms with van der Waals surface area (Å²) in [5.74, 6) is 0. The summed E-state index contributed by atoms with van der Waals surface area (Å²) in [5.41, 5.74) is 9.54. The number of hydrogen-bond donors (Lipinski definition) is 2. The van der Waals surface area contributed by atoms with Gasteiger partial charge in [-0.2, -0.15) is 0 Å². The molecule has 3 nitrogen and oxygen atoms in total. The Kier molecular flexibility index (Phi) is 11.2. The van der Waals surface area contributed by atoms with Gasteiger partial charge in [0.2, 0.25) is 0 Å². The van der Waals surface area contributed by atoms with E-state index in [0.717, 1.165) is 19.1 Å². The normalized spacial score (nSPS) is 13.9. The average Bonchev–Trinajstić information content (AvgIpc) is 2.16. The molecule has 0 aromatic rings. The maximum atomic E-state index is 10.4. The maximum Gasteiger partial charge on any atom is 0.139 e. The van der Waals surface area contributed by atoms with Gasteiger partial charge in [0.25, 0.3) is 0 Å². The van der Waals surface area contributed by atoms with Gasteiger partial charge in [0, 0.05) is 0 Å². The minimum absolute atomic E-state index is 0.590. The monoisotopic (exact) mass is 188 g/mol. The maximum absolute atomic E-state index is 10.4. The van der Waals surface area contributed by atoms with E-state index in [9.17, 15) is 4.79 Å². The summed E-state index contributed by atoms with van der Waals surface area (Å²) < 4.78 is 0. The molecule has 3 heteroatoms. The molecule has 0 aliphatic heterocycles. The van der Waals surface area contributed by atoms with Crippen LogP contribution in [0.4, 0.5) is 0 Å². The predicted molar refractivity (Wildman–Crippen MR) is 57.5 cm³/mol. The highest BCUT2D eigenvalue weighted by Crippen LogP contribution is 2.09. The van der Waals surface area contributed by atoms with Gasteiger partial charge in [0.1, 0.15) is 6.29 Å².